The number of ether oxygens (including phenoxy) is 1. The molecule has 0 saturated carbocycles. The molecule has 6 heteroatoms. The molecule has 0 aliphatic carbocycles. The summed E-state index contributed by atoms with van der Waals surface area (Å²) in [6, 6.07) is 7.77. The highest BCUT2D eigenvalue weighted by molar-refractivity contribution is 7.98. The van der Waals surface area contributed by atoms with Gasteiger partial charge in [0.25, 0.3) is 0 Å². The largest absolute Gasteiger partial charge is 0.490 e. The van der Waals surface area contributed by atoms with E-state index in [1.807, 2.05) is 24.3 Å². The van der Waals surface area contributed by atoms with Gasteiger partial charge in [0.05, 0.1) is 7.11 Å². The molecule has 1 heterocycles. The summed E-state index contributed by atoms with van der Waals surface area (Å²) in [5.41, 5.74) is 1.07. The SMILES string of the molecule is CNc1ncnc(SCc2ccccc2Cl)c1OC. The molecule has 0 aliphatic rings. The zero-order chi connectivity index (χ0) is 13.7. The van der Waals surface area contributed by atoms with Crippen LogP contribution in [0.5, 0.6) is 5.75 Å². The van der Waals surface area contributed by atoms with Crippen LogP contribution in [0.3, 0.4) is 0 Å². The van der Waals surface area contributed by atoms with E-state index in [-0.39, 0.29) is 0 Å². The molecule has 19 heavy (non-hydrogen) atoms. The Morgan fingerprint density at radius 1 is 1.32 bits per heavy atom. The lowest BCUT2D eigenvalue weighted by Crippen LogP contribution is -2.00. The molecule has 2 rings (SSSR count). The summed E-state index contributed by atoms with van der Waals surface area (Å²) in [5, 5.41) is 4.54. The molecule has 0 amide bonds. The Morgan fingerprint density at radius 2 is 2.11 bits per heavy atom. The Bertz CT molecular complexity index is 565. The second kappa shape index (κ2) is 6.63. The van der Waals surface area contributed by atoms with Crippen molar-refractivity contribution in [2.45, 2.75) is 10.8 Å². The van der Waals surface area contributed by atoms with E-state index in [1.54, 1.807) is 25.9 Å². The quantitative estimate of drug-likeness (QED) is 0.676. The molecule has 0 atom stereocenters. The predicted octanol–water partition coefficient (Wildman–Crippen LogP) is 3.47. The van der Waals surface area contributed by atoms with Gasteiger partial charge in [0, 0.05) is 17.8 Å². The average molecular weight is 296 g/mol. The molecule has 1 N–H and O–H groups in total. The highest BCUT2D eigenvalue weighted by atomic mass is 35.5. The van der Waals surface area contributed by atoms with Crippen LogP contribution in [0.4, 0.5) is 5.82 Å². The van der Waals surface area contributed by atoms with Gasteiger partial charge >= 0.3 is 0 Å². The normalized spacial score (nSPS) is 10.3. The summed E-state index contributed by atoms with van der Waals surface area (Å²) in [7, 11) is 3.41. The van der Waals surface area contributed by atoms with Gasteiger partial charge in [-0.1, -0.05) is 41.6 Å². The number of benzene rings is 1. The van der Waals surface area contributed by atoms with Crippen molar-refractivity contribution in [1.29, 1.82) is 0 Å². The van der Waals surface area contributed by atoms with Crippen LogP contribution in [0.2, 0.25) is 5.02 Å². The first kappa shape index (κ1) is 14.0. The van der Waals surface area contributed by atoms with E-state index in [2.05, 4.69) is 15.3 Å². The molecule has 0 unspecified atom stereocenters. The summed E-state index contributed by atoms with van der Waals surface area (Å²) < 4.78 is 5.34. The van der Waals surface area contributed by atoms with Crippen LogP contribution in [-0.4, -0.2) is 24.1 Å². The minimum absolute atomic E-state index is 0.655. The number of thioether (sulfide) groups is 1. The van der Waals surface area contributed by atoms with Gasteiger partial charge in [0.2, 0.25) is 0 Å². The molecule has 0 fully saturated rings. The van der Waals surface area contributed by atoms with E-state index in [0.717, 1.165) is 21.4 Å². The molecule has 2 aromatic rings. The van der Waals surface area contributed by atoms with Crippen molar-refractivity contribution in [3.05, 3.63) is 41.2 Å². The highest BCUT2D eigenvalue weighted by Crippen LogP contribution is 2.34. The fourth-order valence-corrected chi connectivity index (χ4v) is 2.84. The second-order valence-electron chi connectivity index (χ2n) is 3.69. The summed E-state index contributed by atoms with van der Waals surface area (Å²) in [5.74, 6) is 2.07. The lowest BCUT2D eigenvalue weighted by Gasteiger charge is -2.10. The number of rotatable bonds is 5. The van der Waals surface area contributed by atoms with Crippen LogP contribution >= 0.6 is 23.4 Å². The number of anilines is 1. The second-order valence-corrected chi connectivity index (χ2v) is 5.06. The Morgan fingerprint density at radius 3 is 2.79 bits per heavy atom. The maximum atomic E-state index is 6.13. The van der Waals surface area contributed by atoms with Crippen LogP contribution in [-0.2, 0) is 5.75 Å². The fourth-order valence-electron chi connectivity index (χ4n) is 1.58. The third-order valence-corrected chi connectivity index (χ3v) is 3.92. The van der Waals surface area contributed by atoms with E-state index >= 15 is 0 Å². The van der Waals surface area contributed by atoms with Crippen molar-refractivity contribution in [3.8, 4) is 5.75 Å². The first-order valence-electron chi connectivity index (χ1n) is 5.69. The van der Waals surface area contributed by atoms with E-state index in [0.29, 0.717) is 11.6 Å². The van der Waals surface area contributed by atoms with Crippen molar-refractivity contribution >= 4 is 29.2 Å². The van der Waals surface area contributed by atoms with Crippen LogP contribution in [0.25, 0.3) is 0 Å². The van der Waals surface area contributed by atoms with E-state index in [9.17, 15) is 0 Å². The van der Waals surface area contributed by atoms with Crippen molar-refractivity contribution in [2.24, 2.45) is 0 Å². The van der Waals surface area contributed by atoms with Gasteiger partial charge in [-0.2, -0.15) is 0 Å². The summed E-state index contributed by atoms with van der Waals surface area (Å²) in [6.45, 7) is 0. The van der Waals surface area contributed by atoms with Gasteiger partial charge in [-0.15, -0.1) is 0 Å². The minimum atomic E-state index is 0.655. The number of methoxy groups -OCH3 is 1. The molecule has 4 nitrogen and oxygen atoms in total. The lowest BCUT2D eigenvalue weighted by molar-refractivity contribution is 0.400. The van der Waals surface area contributed by atoms with Crippen LogP contribution < -0.4 is 10.1 Å². The molecule has 0 spiro atoms. The number of aromatic nitrogens is 2. The third kappa shape index (κ3) is 3.30. The van der Waals surface area contributed by atoms with Gasteiger partial charge < -0.3 is 10.1 Å². The molecular weight excluding hydrogens is 282 g/mol. The zero-order valence-corrected chi connectivity index (χ0v) is 12.3. The Kier molecular flexibility index (Phi) is 4.87. The van der Waals surface area contributed by atoms with Crippen LogP contribution in [0.1, 0.15) is 5.56 Å². The zero-order valence-electron chi connectivity index (χ0n) is 10.7. The lowest BCUT2D eigenvalue weighted by atomic mass is 10.2. The fraction of sp³-hybridized carbons (Fsp3) is 0.231. The van der Waals surface area contributed by atoms with Crippen molar-refractivity contribution < 1.29 is 4.74 Å². The summed E-state index contributed by atoms with van der Waals surface area (Å²) >= 11 is 7.70. The van der Waals surface area contributed by atoms with Crippen LogP contribution in [0, 0.1) is 0 Å². The third-order valence-electron chi connectivity index (χ3n) is 2.53. The molecular formula is C13H14ClN3OS. The van der Waals surface area contributed by atoms with Crippen molar-refractivity contribution in [1.82, 2.24) is 9.97 Å². The molecule has 0 saturated heterocycles. The maximum absolute atomic E-state index is 6.13. The molecule has 1 aromatic heterocycles. The van der Waals surface area contributed by atoms with Gasteiger partial charge in [-0.3, -0.25) is 0 Å². The average Bonchev–Trinajstić information content (AvgIpc) is 2.45. The Balaban J connectivity index is 2.18. The number of hydrogen-bond acceptors (Lipinski definition) is 5. The predicted molar refractivity (Wildman–Crippen MR) is 79.1 cm³/mol. The highest BCUT2D eigenvalue weighted by Gasteiger charge is 2.12. The van der Waals surface area contributed by atoms with Crippen molar-refractivity contribution in [2.75, 3.05) is 19.5 Å². The topological polar surface area (TPSA) is 47.0 Å². The standard InChI is InChI=1S/C13H14ClN3OS/c1-15-12-11(18-2)13(17-8-16-12)19-7-9-5-3-4-6-10(9)14/h3-6,8H,7H2,1-2H3,(H,15,16,17). The smallest absolute Gasteiger partial charge is 0.193 e. The number of halogens is 1. The number of nitrogens with zero attached hydrogens (tertiary/aromatic N) is 2. The van der Waals surface area contributed by atoms with E-state index in [4.69, 9.17) is 16.3 Å². The summed E-state index contributed by atoms with van der Waals surface area (Å²) in [4.78, 5) is 8.36. The Hall–Kier alpha value is -1.46. The first-order valence-corrected chi connectivity index (χ1v) is 7.05. The molecule has 0 aliphatic heterocycles. The Labute approximate surface area is 121 Å². The van der Waals surface area contributed by atoms with Gasteiger partial charge in [-0.05, 0) is 11.6 Å². The van der Waals surface area contributed by atoms with Crippen LogP contribution in [0.15, 0.2) is 35.6 Å². The van der Waals surface area contributed by atoms with Crippen molar-refractivity contribution in [3.63, 3.8) is 0 Å². The monoisotopic (exact) mass is 295 g/mol. The molecule has 100 valence electrons. The van der Waals surface area contributed by atoms with E-state index in [1.165, 1.54) is 6.33 Å². The van der Waals surface area contributed by atoms with Gasteiger partial charge in [0.15, 0.2) is 11.6 Å². The number of hydrogen-bond donors (Lipinski definition) is 1. The maximum Gasteiger partial charge on any atom is 0.193 e. The van der Waals surface area contributed by atoms with Gasteiger partial charge in [-0.25, -0.2) is 9.97 Å². The first-order chi connectivity index (χ1) is 9.26. The molecule has 0 bridgehead atoms. The summed E-state index contributed by atoms with van der Waals surface area (Å²) in [6.07, 6.45) is 1.52. The van der Waals surface area contributed by atoms with Gasteiger partial charge in [0.1, 0.15) is 11.4 Å². The van der Waals surface area contributed by atoms with E-state index < -0.39 is 0 Å². The number of nitrogens with one attached hydrogen (secondary N) is 1. The molecule has 0 radical (unpaired) electrons. The molecule has 1 aromatic carbocycles. The minimum Gasteiger partial charge on any atom is -0.490 e.